The molecule has 0 aliphatic carbocycles. The zero-order chi connectivity index (χ0) is 17.1. The maximum Gasteiger partial charge on any atom is 0.134 e. The highest BCUT2D eigenvalue weighted by Gasteiger charge is 2.23. The van der Waals surface area contributed by atoms with Crippen molar-refractivity contribution < 1.29 is 0 Å². The molecule has 0 saturated heterocycles. The van der Waals surface area contributed by atoms with Crippen molar-refractivity contribution in [1.82, 2.24) is 9.97 Å². The van der Waals surface area contributed by atoms with Crippen molar-refractivity contribution in [3.8, 4) is 0 Å². The molecule has 4 heteroatoms. The minimum atomic E-state index is 0.423. The summed E-state index contributed by atoms with van der Waals surface area (Å²) in [4.78, 5) is 11.2. The van der Waals surface area contributed by atoms with E-state index in [1.807, 2.05) is 12.1 Å². The number of fused-ring (bicyclic) bond motifs is 1. The molecule has 0 saturated carbocycles. The predicted molar refractivity (Wildman–Crippen MR) is 102 cm³/mol. The maximum atomic E-state index is 4.52. The molecule has 2 heterocycles. The second-order valence-electron chi connectivity index (χ2n) is 6.55. The van der Waals surface area contributed by atoms with Crippen molar-refractivity contribution in [2.24, 2.45) is 0 Å². The van der Waals surface area contributed by atoms with Crippen LogP contribution in [0.2, 0.25) is 0 Å². The fourth-order valence-corrected chi connectivity index (χ4v) is 3.37. The third kappa shape index (κ3) is 3.48. The number of nitrogens with one attached hydrogen (secondary N) is 1. The van der Waals surface area contributed by atoms with Crippen LogP contribution in [-0.4, -0.2) is 16.0 Å². The Hall–Kier alpha value is -2.88. The lowest BCUT2D eigenvalue weighted by atomic mass is 9.95. The first kappa shape index (κ1) is 15.6. The zero-order valence-electron chi connectivity index (χ0n) is 14.4. The number of hydrogen-bond acceptors (Lipinski definition) is 4. The van der Waals surface area contributed by atoms with Crippen molar-refractivity contribution in [2.45, 2.75) is 32.5 Å². The van der Waals surface area contributed by atoms with Crippen LogP contribution in [0, 0.1) is 0 Å². The minimum absolute atomic E-state index is 0.423. The van der Waals surface area contributed by atoms with Crippen LogP contribution in [0.5, 0.6) is 0 Å². The van der Waals surface area contributed by atoms with Gasteiger partial charge in [0.1, 0.15) is 18.0 Å². The Kier molecular flexibility index (Phi) is 4.34. The SMILES string of the molecule is C[C@@H]1Cc2ccccc2CN1c1cc(NCc2ccccc2)ncn1. The molecule has 0 bridgehead atoms. The van der Waals surface area contributed by atoms with Crippen molar-refractivity contribution in [3.05, 3.63) is 83.7 Å². The van der Waals surface area contributed by atoms with Gasteiger partial charge in [0.2, 0.25) is 0 Å². The predicted octanol–water partition coefficient (Wildman–Crippen LogP) is 4.04. The first-order valence-electron chi connectivity index (χ1n) is 8.73. The van der Waals surface area contributed by atoms with E-state index in [0.717, 1.165) is 31.1 Å². The van der Waals surface area contributed by atoms with Crippen LogP contribution in [-0.2, 0) is 19.5 Å². The van der Waals surface area contributed by atoms with E-state index in [0.29, 0.717) is 6.04 Å². The molecule has 0 amide bonds. The number of nitrogens with zero attached hydrogens (tertiary/aromatic N) is 3. The highest BCUT2D eigenvalue weighted by Crippen LogP contribution is 2.27. The quantitative estimate of drug-likeness (QED) is 0.784. The number of aromatic nitrogens is 2. The van der Waals surface area contributed by atoms with Gasteiger partial charge in [0.15, 0.2) is 0 Å². The topological polar surface area (TPSA) is 41.0 Å². The van der Waals surface area contributed by atoms with Crippen LogP contribution in [0.4, 0.5) is 11.6 Å². The monoisotopic (exact) mass is 330 g/mol. The molecule has 1 aliphatic rings. The summed E-state index contributed by atoms with van der Waals surface area (Å²) in [6.07, 6.45) is 2.70. The average molecular weight is 330 g/mol. The number of benzene rings is 2. The Morgan fingerprint density at radius 2 is 1.76 bits per heavy atom. The third-order valence-electron chi connectivity index (χ3n) is 4.77. The van der Waals surface area contributed by atoms with Crippen LogP contribution >= 0.6 is 0 Å². The Labute approximate surface area is 148 Å². The average Bonchev–Trinajstić information content (AvgIpc) is 2.67. The molecule has 3 aromatic rings. The Morgan fingerprint density at radius 1 is 1.00 bits per heavy atom. The van der Waals surface area contributed by atoms with E-state index in [1.54, 1.807) is 6.33 Å². The molecule has 2 aromatic carbocycles. The van der Waals surface area contributed by atoms with E-state index in [9.17, 15) is 0 Å². The van der Waals surface area contributed by atoms with Gasteiger partial charge in [-0.05, 0) is 30.0 Å². The third-order valence-corrected chi connectivity index (χ3v) is 4.77. The summed E-state index contributed by atoms with van der Waals surface area (Å²) >= 11 is 0. The second kappa shape index (κ2) is 6.93. The van der Waals surface area contributed by atoms with Crippen LogP contribution in [0.1, 0.15) is 23.6 Å². The van der Waals surface area contributed by atoms with Gasteiger partial charge >= 0.3 is 0 Å². The molecule has 1 N–H and O–H groups in total. The normalized spacial score (nSPS) is 16.4. The summed E-state index contributed by atoms with van der Waals surface area (Å²) in [5.74, 6) is 1.84. The van der Waals surface area contributed by atoms with Crippen LogP contribution in [0.25, 0.3) is 0 Å². The van der Waals surface area contributed by atoms with E-state index in [1.165, 1.54) is 16.7 Å². The lowest BCUT2D eigenvalue weighted by Crippen LogP contribution is -2.38. The van der Waals surface area contributed by atoms with Gasteiger partial charge in [0, 0.05) is 25.2 Å². The van der Waals surface area contributed by atoms with Crippen LogP contribution in [0.3, 0.4) is 0 Å². The van der Waals surface area contributed by atoms with Crippen molar-refractivity contribution in [2.75, 3.05) is 10.2 Å². The van der Waals surface area contributed by atoms with Gasteiger partial charge in [0.25, 0.3) is 0 Å². The highest BCUT2D eigenvalue weighted by molar-refractivity contribution is 5.51. The number of rotatable bonds is 4. The van der Waals surface area contributed by atoms with Gasteiger partial charge in [0.05, 0.1) is 0 Å². The van der Waals surface area contributed by atoms with Crippen LogP contribution < -0.4 is 10.2 Å². The summed E-state index contributed by atoms with van der Waals surface area (Å²) in [5, 5.41) is 3.40. The molecule has 4 nitrogen and oxygen atoms in total. The van der Waals surface area contributed by atoms with Gasteiger partial charge in [-0.1, -0.05) is 54.6 Å². The van der Waals surface area contributed by atoms with E-state index < -0.39 is 0 Å². The van der Waals surface area contributed by atoms with E-state index in [2.05, 4.69) is 75.6 Å². The largest absolute Gasteiger partial charge is 0.366 e. The van der Waals surface area contributed by atoms with Gasteiger partial charge in [-0.25, -0.2) is 9.97 Å². The lowest BCUT2D eigenvalue weighted by molar-refractivity contribution is 0.586. The summed E-state index contributed by atoms with van der Waals surface area (Å²) in [7, 11) is 0. The molecule has 0 radical (unpaired) electrons. The van der Waals surface area contributed by atoms with Crippen molar-refractivity contribution in [1.29, 1.82) is 0 Å². The summed E-state index contributed by atoms with van der Waals surface area (Å²) in [6.45, 7) is 3.91. The first-order valence-corrected chi connectivity index (χ1v) is 8.73. The molecular formula is C21H22N4. The molecule has 0 spiro atoms. The standard InChI is InChI=1S/C21H22N4/c1-16-11-18-9-5-6-10-19(18)14-25(16)21-12-20(23-15-24-21)22-13-17-7-3-2-4-8-17/h2-10,12,15-16H,11,13-14H2,1H3,(H,22,23,24)/t16-/m1/s1. The van der Waals surface area contributed by atoms with E-state index in [-0.39, 0.29) is 0 Å². The lowest BCUT2D eigenvalue weighted by Gasteiger charge is -2.35. The molecular weight excluding hydrogens is 308 g/mol. The molecule has 25 heavy (non-hydrogen) atoms. The Balaban J connectivity index is 1.51. The highest BCUT2D eigenvalue weighted by atomic mass is 15.2. The maximum absolute atomic E-state index is 4.52. The Bertz CT molecular complexity index is 847. The smallest absolute Gasteiger partial charge is 0.134 e. The fraction of sp³-hybridized carbons (Fsp3) is 0.238. The van der Waals surface area contributed by atoms with Gasteiger partial charge < -0.3 is 10.2 Å². The van der Waals surface area contributed by atoms with E-state index >= 15 is 0 Å². The molecule has 1 atom stereocenters. The number of anilines is 2. The first-order chi connectivity index (χ1) is 12.3. The van der Waals surface area contributed by atoms with Crippen LogP contribution in [0.15, 0.2) is 67.0 Å². The summed E-state index contributed by atoms with van der Waals surface area (Å²) in [6, 6.07) is 21.5. The summed E-state index contributed by atoms with van der Waals surface area (Å²) in [5.41, 5.74) is 4.07. The molecule has 1 aliphatic heterocycles. The molecule has 0 unspecified atom stereocenters. The minimum Gasteiger partial charge on any atom is -0.366 e. The van der Waals surface area contributed by atoms with Gasteiger partial charge in [-0.3, -0.25) is 0 Å². The second-order valence-corrected chi connectivity index (χ2v) is 6.55. The van der Waals surface area contributed by atoms with Crippen molar-refractivity contribution in [3.63, 3.8) is 0 Å². The zero-order valence-corrected chi connectivity index (χ0v) is 14.4. The van der Waals surface area contributed by atoms with Gasteiger partial charge in [-0.2, -0.15) is 0 Å². The molecule has 0 fully saturated rings. The summed E-state index contributed by atoms with van der Waals surface area (Å²) < 4.78 is 0. The van der Waals surface area contributed by atoms with Gasteiger partial charge in [-0.15, -0.1) is 0 Å². The van der Waals surface area contributed by atoms with Crippen molar-refractivity contribution >= 4 is 11.6 Å². The molecule has 126 valence electrons. The molecule has 4 rings (SSSR count). The van der Waals surface area contributed by atoms with E-state index in [4.69, 9.17) is 0 Å². The Morgan fingerprint density at radius 3 is 2.60 bits per heavy atom. The molecule has 1 aromatic heterocycles. The number of hydrogen-bond donors (Lipinski definition) is 1. The fourth-order valence-electron chi connectivity index (χ4n) is 3.37.